The summed E-state index contributed by atoms with van der Waals surface area (Å²) in [7, 11) is 1.83. The van der Waals surface area contributed by atoms with Gasteiger partial charge in [-0.1, -0.05) is 6.07 Å². The van der Waals surface area contributed by atoms with Gasteiger partial charge in [-0.25, -0.2) is 4.52 Å². The largest absolute Gasteiger partial charge is 0.338 e. The predicted octanol–water partition coefficient (Wildman–Crippen LogP) is 2.74. The Hall–Kier alpha value is -2.69. The zero-order valence-corrected chi connectivity index (χ0v) is 13.6. The number of aromatic nitrogens is 3. The van der Waals surface area contributed by atoms with Crippen molar-refractivity contribution in [3.05, 3.63) is 65.7 Å². The lowest BCUT2D eigenvalue weighted by molar-refractivity contribution is 0.0745. The molecule has 3 heterocycles. The van der Waals surface area contributed by atoms with Crippen molar-refractivity contribution in [2.24, 2.45) is 0 Å². The fourth-order valence-electron chi connectivity index (χ4n) is 2.64. The third-order valence-corrected chi connectivity index (χ3v) is 4.12. The molecule has 0 saturated carbocycles. The van der Waals surface area contributed by atoms with E-state index in [-0.39, 0.29) is 11.9 Å². The van der Waals surface area contributed by atoms with E-state index in [1.54, 1.807) is 15.6 Å². The topological polar surface area (TPSA) is 50.5 Å². The Morgan fingerprint density at radius 3 is 2.96 bits per heavy atom. The number of hydrogen-bond acceptors (Lipinski definition) is 3. The molecule has 0 radical (unpaired) electrons. The molecular weight excluding hydrogens is 288 g/mol. The molecule has 23 heavy (non-hydrogen) atoms. The first-order valence-electron chi connectivity index (χ1n) is 7.67. The van der Waals surface area contributed by atoms with Crippen LogP contribution in [0.15, 0.2) is 48.9 Å². The van der Waals surface area contributed by atoms with Crippen molar-refractivity contribution in [1.29, 1.82) is 0 Å². The van der Waals surface area contributed by atoms with E-state index < -0.39 is 0 Å². The number of carbonyl (C=O) groups is 1. The van der Waals surface area contributed by atoms with Gasteiger partial charge in [-0.05, 0) is 43.7 Å². The summed E-state index contributed by atoms with van der Waals surface area (Å²) in [6.45, 7) is 4.08. The summed E-state index contributed by atoms with van der Waals surface area (Å²) in [6, 6.07) is 9.79. The Bertz CT molecular complexity index is 840. The Morgan fingerprint density at radius 1 is 1.35 bits per heavy atom. The third kappa shape index (κ3) is 3.08. The molecule has 0 N–H and O–H groups in total. The van der Waals surface area contributed by atoms with E-state index in [1.807, 2.05) is 57.6 Å². The maximum absolute atomic E-state index is 12.8. The van der Waals surface area contributed by atoms with Crippen LogP contribution in [0.3, 0.4) is 0 Å². The predicted molar refractivity (Wildman–Crippen MR) is 89.4 cm³/mol. The van der Waals surface area contributed by atoms with Gasteiger partial charge < -0.3 is 4.90 Å². The maximum atomic E-state index is 12.8. The molecule has 0 unspecified atom stereocenters. The molecule has 3 aromatic rings. The lowest BCUT2D eigenvalue weighted by atomic mass is 10.1. The minimum absolute atomic E-state index is 0.0219. The summed E-state index contributed by atoms with van der Waals surface area (Å²) in [5.74, 6) is -0.0219. The highest BCUT2D eigenvalue weighted by Gasteiger charge is 2.21. The molecule has 0 aliphatic heterocycles. The molecule has 3 rings (SSSR count). The Labute approximate surface area is 135 Å². The molecule has 1 atom stereocenters. The van der Waals surface area contributed by atoms with E-state index in [1.165, 1.54) is 5.56 Å². The van der Waals surface area contributed by atoms with Gasteiger partial charge in [0, 0.05) is 37.6 Å². The first-order valence-corrected chi connectivity index (χ1v) is 7.67. The van der Waals surface area contributed by atoms with Crippen LogP contribution in [0, 0.1) is 6.92 Å². The molecule has 5 heteroatoms. The van der Waals surface area contributed by atoms with E-state index in [4.69, 9.17) is 0 Å². The molecule has 118 valence electrons. The van der Waals surface area contributed by atoms with Crippen LogP contribution < -0.4 is 0 Å². The minimum Gasteiger partial charge on any atom is -0.338 e. The average molecular weight is 308 g/mol. The van der Waals surface area contributed by atoms with Gasteiger partial charge in [-0.15, -0.1) is 0 Å². The van der Waals surface area contributed by atoms with Crippen LogP contribution in [0.5, 0.6) is 0 Å². The van der Waals surface area contributed by atoms with Gasteiger partial charge in [0.25, 0.3) is 5.91 Å². The van der Waals surface area contributed by atoms with Crippen molar-refractivity contribution in [2.75, 3.05) is 7.05 Å². The molecule has 0 spiro atoms. The van der Waals surface area contributed by atoms with E-state index in [9.17, 15) is 4.79 Å². The maximum Gasteiger partial charge on any atom is 0.257 e. The van der Waals surface area contributed by atoms with Crippen LogP contribution in [-0.4, -0.2) is 38.5 Å². The highest BCUT2D eigenvalue weighted by Crippen LogP contribution is 2.15. The summed E-state index contributed by atoms with van der Waals surface area (Å²) in [6.07, 6.45) is 6.01. The zero-order valence-electron chi connectivity index (χ0n) is 13.6. The number of rotatable bonds is 4. The van der Waals surface area contributed by atoms with Crippen LogP contribution in [0.4, 0.5) is 0 Å². The fourth-order valence-corrected chi connectivity index (χ4v) is 2.64. The number of likely N-dealkylation sites (N-methyl/N-ethyl adjacent to an activating group) is 1. The van der Waals surface area contributed by atoms with Crippen molar-refractivity contribution in [3.8, 4) is 0 Å². The molecular formula is C18H20N4O. The number of nitrogens with zero attached hydrogens (tertiary/aromatic N) is 4. The first-order chi connectivity index (χ1) is 11.1. The molecule has 1 amide bonds. The van der Waals surface area contributed by atoms with Crippen molar-refractivity contribution in [3.63, 3.8) is 0 Å². The summed E-state index contributed by atoms with van der Waals surface area (Å²) >= 11 is 0. The van der Waals surface area contributed by atoms with Gasteiger partial charge in [0.15, 0.2) is 0 Å². The van der Waals surface area contributed by atoms with Crippen molar-refractivity contribution in [2.45, 2.75) is 26.3 Å². The highest BCUT2D eigenvalue weighted by molar-refractivity contribution is 6.00. The fraction of sp³-hybridized carbons (Fsp3) is 0.278. The number of amides is 1. The van der Waals surface area contributed by atoms with Gasteiger partial charge in [0.05, 0.1) is 17.3 Å². The number of hydrogen-bond donors (Lipinski definition) is 0. The SMILES string of the molecule is Cc1ccnc(C[C@@H](C)N(C)C(=O)c2cnn3ccccc23)c1. The van der Waals surface area contributed by atoms with E-state index in [0.29, 0.717) is 5.56 Å². The highest BCUT2D eigenvalue weighted by atomic mass is 16.2. The van der Waals surface area contributed by atoms with Crippen molar-refractivity contribution in [1.82, 2.24) is 19.5 Å². The van der Waals surface area contributed by atoms with Crippen LogP contribution in [0.2, 0.25) is 0 Å². The van der Waals surface area contributed by atoms with Gasteiger partial charge in [-0.2, -0.15) is 5.10 Å². The number of aryl methyl sites for hydroxylation is 1. The summed E-state index contributed by atoms with van der Waals surface area (Å²) < 4.78 is 1.72. The van der Waals surface area contributed by atoms with E-state index in [2.05, 4.69) is 16.1 Å². The minimum atomic E-state index is -0.0219. The van der Waals surface area contributed by atoms with Crippen molar-refractivity contribution < 1.29 is 4.79 Å². The second-order valence-corrected chi connectivity index (χ2v) is 5.88. The number of carbonyl (C=O) groups excluding carboxylic acids is 1. The standard InChI is InChI=1S/C18H20N4O/c1-13-7-8-19-15(10-13)11-14(2)21(3)18(23)16-12-20-22-9-5-4-6-17(16)22/h4-10,12,14H,11H2,1-3H3/t14-/m1/s1. The normalized spacial score (nSPS) is 12.3. The van der Waals surface area contributed by atoms with Crippen molar-refractivity contribution >= 4 is 11.4 Å². The van der Waals surface area contributed by atoms with Crippen LogP contribution in [0.25, 0.3) is 5.52 Å². The van der Waals surface area contributed by atoms with E-state index >= 15 is 0 Å². The smallest absolute Gasteiger partial charge is 0.257 e. The second kappa shape index (κ2) is 6.20. The number of fused-ring (bicyclic) bond motifs is 1. The lowest BCUT2D eigenvalue weighted by Crippen LogP contribution is -2.36. The average Bonchev–Trinajstić information content (AvgIpc) is 2.97. The molecule has 0 aliphatic carbocycles. The Balaban J connectivity index is 1.79. The Kier molecular flexibility index (Phi) is 4.10. The van der Waals surface area contributed by atoms with Gasteiger partial charge in [-0.3, -0.25) is 9.78 Å². The summed E-state index contributed by atoms with van der Waals surface area (Å²) in [5, 5.41) is 4.23. The molecule has 0 aromatic carbocycles. The molecule has 0 bridgehead atoms. The zero-order chi connectivity index (χ0) is 16.4. The van der Waals surface area contributed by atoms with Gasteiger partial charge in [0.1, 0.15) is 0 Å². The Morgan fingerprint density at radius 2 is 2.17 bits per heavy atom. The second-order valence-electron chi connectivity index (χ2n) is 5.88. The van der Waals surface area contributed by atoms with Gasteiger partial charge in [0.2, 0.25) is 0 Å². The molecule has 3 aromatic heterocycles. The monoisotopic (exact) mass is 308 g/mol. The third-order valence-electron chi connectivity index (χ3n) is 4.12. The molecule has 5 nitrogen and oxygen atoms in total. The molecule has 0 aliphatic rings. The van der Waals surface area contributed by atoms with Crippen LogP contribution >= 0.6 is 0 Å². The van der Waals surface area contributed by atoms with Crippen LogP contribution in [0.1, 0.15) is 28.5 Å². The number of pyridine rings is 2. The van der Waals surface area contributed by atoms with Crippen LogP contribution in [-0.2, 0) is 6.42 Å². The lowest BCUT2D eigenvalue weighted by Gasteiger charge is -2.24. The summed E-state index contributed by atoms with van der Waals surface area (Å²) in [5.41, 5.74) is 3.62. The van der Waals surface area contributed by atoms with E-state index in [0.717, 1.165) is 17.6 Å². The first kappa shape index (κ1) is 15.2. The quantitative estimate of drug-likeness (QED) is 0.744. The molecule has 0 saturated heterocycles. The molecule has 0 fully saturated rings. The van der Waals surface area contributed by atoms with Gasteiger partial charge >= 0.3 is 0 Å². The summed E-state index contributed by atoms with van der Waals surface area (Å²) in [4.78, 5) is 18.9.